The van der Waals surface area contributed by atoms with Crippen LogP contribution in [0.2, 0.25) is 5.02 Å². The Morgan fingerprint density at radius 3 is 2.42 bits per heavy atom. The first-order valence-electron chi connectivity index (χ1n) is 7.69. The number of hydrogen-bond donors (Lipinski definition) is 2. The minimum atomic E-state index is 0. The molecule has 0 unspecified atom stereocenters. The molecule has 2 N–H and O–H groups in total. The largest absolute Gasteiger partial charge is 0.356 e. The maximum Gasteiger partial charge on any atom is 0.191 e. The minimum Gasteiger partial charge on any atom is -0.356 e. The smallest absolute Gasteiger partial charge is 0.191 e. The summed E-state index contributed by atoms with van der Waals surface area (Å²) >= 11 is 5.89. The van der Waals surface area contributed by atoms with Gasteiger partial charge in [0, 0.05) is 43.5 Å². The van der Waals surface area contributed by atoms with Gasteiger partial charge < -0.3 is 10.6 Å². The Labute approximate surface area is 165 Å². The second kappa shape index (κ2) is 9.88. The average molecular weight is 462 g/mol. The van der Waals surface area contributed by atoms with Gasteiger partial charge >= 0.3 is 0 Å². The third-order valence-electron chi connectivity index (χ3n) is 3.93. The fourth-order valence-corrected chi connectivity index (χ4v) is 2.57. The number of halogens is 2. The molecule has 2 rings (SSSR count). The summed E-state index contributed by atoms with van der Waals surface area (Å²) in [5, 5.41) is 11.9. The molecule has 132 valence electrons. The van der Waals surface area contributed by atoms with E-state index in [-0.39, 0.29) is 24.0 Å². The number of rotatable bonds is 5. The van der Waals surface area contributed by atoms with Crippen LogP contribution in [-0.4, -0.2) is 29.3 Å². The summed E-state index contributed by atoms with van der Waals surface area (Å²) < 4.78 is 1.91. The lowest BCUT2D eigenvalue weighted by molar-refractivity contribution is 0.728. The van der Waals surface area contributed by atoms with Crippen LogP contribution in [0.1, 0.15) is 22.5 Å². The topological polar surface area (TPSA) is 54.2 Å². The van der Waals surface area contributed by atoms with Crippen molar-refractivity contribution in [2.75, 3.05) is 13.6 Å². The highest BCUT2D eigenvalue weighted by atomic mass is 127. The highest BCUT2D eigenvalue weighted by Crippen LogP contribution is 2.11. The van der Waals surface area contributed by atoms with E-state index in [9.17, 15) is 0 Å². The molecule has 0 aliphatic rings. The molecule has 0 spiro atoms. The molecule has 0 saturated carbocycles. The van der Waals surface area contributed by atoms with Crippen molar-refractivity contribution in [3.63, 3.8) is 0 Å². The molecule has 0 saturated heterocycles. The third kappa shape index (κ3) is 5.66. The van der Waals surface area contributed by atoms with Gasteiger partial charge in [0.1, 0.15) is 0 Å². The van der Waals surface area contributed by atoms with Gasteiger partial charge in [-0.25, -0.2) is 0 Å². The molecule has 1 aromatic heterocycles. The first kappa shape index (κ1) is 20.8. The molecule has 0 aliphatic heterocycles. The number of benzene rings is 1. The van der Waals surface area contributed by atoms with Crippen molar-refractivity contribution in [2.24, 2.45) is 12.0 Å². The Morgan fingerprint density at radius 2 is 1.88 bits per heavy atom. The summed E-state index contributed by atoms with van der Waals surface area (Å²) in [5.41, 5.74) is 4.69. The summed E-state index contributed by atoms with van der Waals surface area (Å²) in [6.07, 6.45) is 0.919. The Kier molecular flexibility index (Phi) is 8.55. The number of nitrogens with one attached hydrogen (secondary N) is 2. The maximum absolute atomic E-state index is 5.89. The van der Waals surface area contributed by atoms with Crippen LogP contribution in [0.4, 0.5) is 0 Å². The van der Waals surface area contributed by atoms with Gasteiger partial charge in [0.25, 0.3) is 0 Å². The lowest BCUT2D eigenvalue weighted by Crippen LogP contribution is -2.38. The van der Waals surface area contributed by atoms with Gasteiger partial charge in [0.2, 0.25) is 0 Å². The van der Waals surface area contributed by atoms with Crippen LogP contribution in [0, 0.1) is 13.8 Å². The van der Waals surface area contributed by atoms with E-state index in [0.717, 1.165) is 29.6 Å². The molecule has 0 bridgehead atoms. The molecule has 0 atom stereocenters. The van der Waals surface area contributed by atoms with Gasteiger partial charge in [-0.3, -0.25) is 9.67 Å². The van der Waals surface area contributed by atoms with Crippen molar-refractivity contribution < 1.29 is 0 Å². The molecule has 1 heterocycles. The van der Waals surface area contributed by atoms with Crippen LogP contribution < -0.4 is 10.6 Å². The number of aryl methyl sites for hydroxylation is 2. The average Bonchev–Trinajstić information content (AvgIpc) is 2.78. The molecule has 0 radical (unpaired) electrons. The number of aliphatic imine (C=N–C) groups is 1. The van der Waals surface area contributed by atoms with Gasteiger partial charge in [0.15, 0.2) is 5.96 Å². The molecule has 1 aromatic carbocycles. The van der Waals surface area contributed by atoms with Crippen LogP contribution in [0.15, 0.2) is 29.3 Å². The molecule has 7 heteroatoms. The van der Waals surface area contributed by atoms with Crippen molar-refractivity contribution in [1.29, 1.82) is 0 Å². The van der Waals surface area contributed by atoms with Crippen LogP contribution in [0.3, 0.4) is 0 Å². The van der Waals surface area contributed by atoms with Crippen molar-refractivity contribution >= 4 is 41.5 Å². The predicted octanol–water partition coefficient (Wildman–Crippen LogP) is 3.22. The highest BCUT2D eigenvalue weighted by Gasteiger charge is 2.09. The lowest BCUT2D eigenvalue weighted by Gasteiger charge is -2.12. The van der Waals surface area contributed by atoms with E-state index in [1.165, 1.54) is 16.8 Å². The molecule has 2 aromatic rings. The zero-order chi connectivity index (χ0) is 16.8. The normalized spacial score (nSPS) is 11.1. The Bertz CT molecular complexity index is 679. The number of hydrogen-bond acceptors (Lipinski definition) is 2. The summed E-state index contributed by atoms with van der Waals surface area (Å²) in [7, 11) is 3.74. The van der Waals surface area contributed by atoms with Crippen molar-refractivity contribution in [3.05, 3.63) is 51.8 Å². The molecular weight excluding hydrogens is 437 g/mol. The van der Waals surface area contributed by atoms with Crippen LogP contribution in [-0.2, 0) is 20.0 Å². The molecule has 24 heavy (non-hydrogen) atoms. The number of nitrogens with zero attached hydrogens (tertiary/aromatic N) is 3. The summed E-state index contributed by atoms with van der Waals surface area (Å²) in [6, 6.07) is 7.92. The second-order valence-electron chi connectivity index (χ2n) is 5.50. The van der Waals surface area contributed by atoms with E-state index in [0.29, 0.717) is 6.54 Å². The lowest BCUT2D eigenvalue weighted by atomic mass is 10.1. The van der Waals surface area contributed by atoms with E-state index < -0.39 is 0 Å². The summed E-state index contributed by atoms with van der Waals surface area (Å²) in [4.78, 5) is 4.26. The van der Waals surface area contributed by atoms with E-state index in [1.54, 1.807) is 7.05 Å². The SMILES string of the molecule is CN=C(NCCc1ccc(Cl)cc1)NCc1c(C)nn(C)c1C.I. The van der Waals surface area contributed by atoms with Gasteiger partial charge in [0.05, 0.1) is 5.69 Å². The zero-order valence-corrected chi connectivity index (χ0v) is 17.6. The quantitative estimate of drug-likeness (QED) is 0.408. The Balaban J connectivity index is 0.00000288. The third-order valence-corrected chi connectivity index (χ3v) is 4.19. The van der Waals surface area contributed by atoms with Crippen LogP contribution in [0.5, 0.6) is 0 Å². The predicted molar refractivity (Wildman–Crippen MR) is 111 cm³/mol. The molecule has 0 aliphatic carbocycles. The first-order valence-corrected chi connectivity index (χ1v) is 8.07. The summed E-state index contributed by atoms with van der Waals surface area (Å²) in [6.45, 7) is 5.63. The first-order chi connectivity index (χ1) is 11.0. The number of guanidine groups is 1. The standard InChI is InChI=1S/C17H24ClN5.HI/c1-12-16(13(2)23(4)22-12)11-21-17(19-3)20-10-9-14-5-7-15(18)8-6-14;/h5-8H,9-11H2,1-4H3,(H2,19,20,21);1H. The van der Waals surface area contributed by atoms with E-state index in [1.807, 2.05) is 42.9 Å². The fourth-order valence-electron chi connectivity index (χ4n) is 2.44. The molecule has 5 nitrogen and oxygen atoms in total. The van der Waals surface area contributed by atoms with Crippen molar-refractivity contribution in [3.8, 4) is 0 Å². The monoisotopic (exact) mass is 461 g/mol. The fraction of sp³-hybridized carbons (Fsp3) is 0.412. The zero-order valence-electron chi connectivity index (χ0n) is 14.6. The molecular formula is C17H25ClIN5. The molecule has 0 amide bonds. The van der Waals surface area contributed by atoms with Gasteiger partial charge in [-0.05, 0) is 38.0 Å². The minimum absolute atomic E-state index is 0. The maximum atomic E-state index is 5.89. The Morgan fingerprint density at radius 1 is 1.21 bits per heavy atom. The van der Waals surface area contributed by atoms with Gasteiger partial charge in [-0.1, -0.05) is 23.7 Å². The molecule has 0 fully saturated rings. The van der Waals surface area contributed by atoms with Crippen molar-refractivity contribution in [1.82, 2.24) is 20.4 Å². The van der Waals surface area contributed by atoms with Crippen LogP contribution >= 0.6 is 35.6 Å². The van der Waals surface area contributed by atoms with Gasteiger partial charge in [-0.15, -0.1) is 24.0 Å². The number of aromatic nitrogens is 2. The van der Waals surface area contributed by atoms with Crippen molar-refractivity contribution in [2.45, 2.75) is 26.8 Å². The van der Waals surface area contributed by atoms with E-state index >= 15 is 0 Å². The second-order valence-corrected chi connectivity index (χ2v) is 5.94. The van der Waals surface area contributed by atoms with E-state index in [2.05, 4.69) is 27.6 Å². The summed E-state index contributed by atoms with van der Waals surface area (Å²) in [5.74, 6) is 0.793. The highest BCUT2D eigenvalue weighted by molar-refractivity contribution is 14.0. The van der Waals surface area contributed by atoms with Gasteiger partial charge in [-0.2, -0.15) is 5.10 Å². The Hall–Kier alpha value is -1.28. The van der Waals surface area contributed by atoms with Crippen LogP contribution in [0.25, 0.3) is 0 Å². The van der Waals surface area contributed by atoms with E-state index in [4.69, 9.17) is 11.6 Å².